The van der Waals surface area contributed by atoms with Gasteiger partial charge in [0.1, 0.15) is 5.82 Å². The van der Waals surface area contributed by atoms with Crippen molar-refractivity contribution in [2.45, 2.75) is 54.9 Å². The van der Waals surface area contributed by atoms with Crippen LogP contribution in [0.2, 0.25) is 0 Å². The molecule has 1 amide bonds. The first kappa shape index (κ1) is 22.9. The van der Waals surface area contributed by atoms with Crippen LogP contribution in [0.5, 0.6) is 0 Å². The third-order valence-corrected chi connectivity index (χ3v) is 7.72. The van der Waals surface area contributed by atoms with Gasteiger partial charge in [0.2, 0.25) is 15.9 Å². The van der Waals surface area contributed by atoms with Gasteiger partial charge in [-0.15, -0.1) is 0 Å². The Balaban J connectivity index is 1.51. The van der Waals surface area contributed by atoms with Crippen LogP contribution in [-0.2, 0) is 20.1 Å². The molecule has 0 aliphatic heterocycles. The maximum Gasteiger partial charge on any atom is 0.240 e. The van der Waals surface area contributed by atoms with Crippen LogP contribution in [0, 0.1) is 11.7 Å². The van der Waals surface area contributed by atoms with E-state index in [-0.39, 0.29) is 34.6 Å². The number of sulfonamides is 1. The fraction of sp³-hybridized carbons (Fsp3) is 0.409. The minimum atomic E-state index is -3.58. The number of carbonyl (C=O) groups is 1. The van der Waals surface area contributed by atoms with E-state index >= 15 is 0 Å². The maximum atomic E-state index is 13.1. The molecule has 0 bridgehead atoms. The Morgan fingerprint density at radius 2 is 1.67 bits per heavy atom. The van der Waals surface area contributed by atoms with Crippen molar-refractivity contribution in [2.24, 2.45) is 5.92 Å². The highest BCUT2D eigenvalue weighted by Crippen LogP contribution is 2.27. The molecule has 1 aliphatic carbocycles. The molecule has 0 aromatic heterocycles. The number of amides is 1. The molecule has 8 heteroatoms. The molecule has 162 valence electrons. The number of halogens is 2. The quantitative estimate of drug-likeness (QED) is 0.556. The van der Waals surface area contributed by atoms with Crippen molar-refractivity contribution in [2.75, 3.05) is 0 Å². The smallest absolute Gasteiger partial charge is 0.240 e. The van der Waals surface area contributed by atoms with E-state index in [4.69, 9.17) is 0 Å². The number of hydrogen-bond donors (Lipinski definition) is 2. The molecule has 0 spiro atoms. The summed E-state index contributed by atoms with van der Waals surface area (Å²) in [6.07, 6.45) is 2.47. The van der Waals surface area contributed by atoms with Gasteiger partial charge < -0.3 is 5.32 Å². The first-order valence-electron chi connectivity index (χ1n) is 10.0. The second-order valence-electron chi connectivity index (χ2n) is 7.73. The molecule has 1 saturated carbocycles. The van der Waals surface area contributed by atoms with Gasteiger partial charge in [-0.1, -0.05) is 40.2 Å². The summed E-state index contributed by atoms with van der Waals surface area (Å²) < 4.78 is 41.1. The molecule has 2 N–H and O–H groups in total. The second kappa shape index (κ2) is 10.0. The zero-order valence-corrected chi connectivity index (χ0v) is 19.2. The lowest BCUT2D eigenvalue weighted by molar-refractivity contribution is -0.126. The van der Waals surface area contributed by atoms with E-state index in [0.717, 1.165) is 11.1 Å². The van der Waals surface area contributed by atoms with Gasteiger partial charge in [-0.2, -0.15) is 0 Å². The molecule has 2 aromatic rings. The van der Waals surface area contributed by atoms with Crippen LogP contribution >= 0.6 is 15.9 Å². The van der Waals surface area contributed by atoms with Crippen molar-refractivity contribution in [3.63, 3.8) is 0 Å². The third-order valence-electron chi connectivity index (χ3n) is 5.54. The maximum absolute atomic E-state index is 13.1. The van der Waals surface area contributed by atoms with Crippen molar-refractivity contribution in [3.8, 4) is 0 Å². The fourth-order valence-electron chi connectivity index (χ4n) is 3.68. The highest BCUT2D eigenvalue weighted by molar-refractivity contribution is 9.08. The van der Waals surface area contributed by atoms with Gasteiger partial charge in [0, 0.05) is 17.3 Å². The second-order valence-corrected chi connectivity index (χ2v) is 10.0. The monoisotopic (exact) mass is 496 g/mol. The number of rotatable bonds is 7. The topological polar surface area (TPSA) is 75.3 Å². The summed E-state index contributed by atoms with van der Waals surface area (Å²) in [5, 5.41) is 3.65. The molecule has 0 radical (unpaired) electrons. The number of alkyl halides is 1. The Bertz CT molecular complexity index is 957. The Morgan fingerprint density at radius 1 is 1.07 bits per heavy atom. The number of benzene rings is 2. The highest BCUT2D eigenvalue weighted by Gasteiger charge is 2.29. The van der Waals surface area contributed by atoms with E-state index in [9.17, 15) is 17.6 Å². The minimum absolute atomic E-state index is 0.0431. The van der Waals surface area contributed by atoms with Crippen LogP contribution in [-0.4, -0.2) is 20.4 Å². The van der Waals surface area contributed by atoms with Crippen LogP contribution in [0.1, 0.15) is 49.8 Å². The van der Waals surface area contributed by atoms with E-state index in [0.29, 0.717) is 31.0 Å². The molecule has 1 fully saturated rings. The first-order chi connectivity index (χ1) is 14.3. The fourth-order valence-corrected chi connectivity index (χ4v) is 5.36. The molecule has 2 aromatic carbocycles. The van der Waals surface area contributed by atoms with E-state index in [1.54, 1.807) is 36.4 Å². The van der Waals surface area contributed by atoms with Crippen LogP contribution in [0.25, 0.3) is 0 Å². The summed E-state index contributed by atoms with van der Waals surface area (Å²) in [5.41, 5.74) is 1.85. The zero-order chi connectivity index (χ0) is 21.7. The summed E-state index contributed by atoms with van der Waals surface area (Å²) in [6, 6.07) is 12.5. The average molecular weight is 497 g/mol. The van der Waals surface area contributed by atoms with E-state index in [1.165, 1.54) is 12.1 Å². The molecule has 0 heterocycles. The molecule has 0 unspecified atom stereocenters. The largest absolute Gasteiger partial charge is 0.349 e. The summed E-state index contributed by atoms with van der Waals surface area (Å²) in [5.74, 6) is -0.498. The van der Waals surface area contributed by atoms with Crippen molar-refractivity contribution in [1.29, 1.82) is 0 Å². The van der Waals surface area contributed by atoms with Crippen LogP contribution < -0.4 is 10.0 Å². The third kappa shape index (κ3) is 5.89. The molecule has 30 heavy (non-hydrogen) atoms. The summed E-state index contributed by atoms with van der Waals surface area (Å²) in [4.78, 5) is 12.8. The van der Waals surface area contributed by atoms with Crippen LogP contribution in [0.3, 0.4) is 0 Å². The lowest BCUT2D eigenvalue weighted by atomic mass is 9.85. The van der Waals surface area contributed by atoms with Gasteiger partial charge >= 0.3 is 0 Å². The molecular formula is C22H26BrFN2O3S. The number of carbonyl (C=O) groups excluding carboxylic acids is 1. The van der Waals surface area contributed by atoms with E-state index in [2.05, 4.69) is 26.0 Å². The Morgan fingerprint density at radius 3 is 2.23 bits per heavy atom. The Labute approximate surface area is 185 Å². The van der Waals surface area contributed by atoms with Crippen LogP contribution in [0.4, 0.5) is 4.39 Å². The minimum Gasteiger partial charge on any atom is -0.349 e. The summed E-state index contributed by atoms with van der Waals surface area (Å²) >= 11 is 3.35. The first-order valence-corrected chi connectivity index (χ1v) is 12.6. The van der Waals surface area contributed by atoms with Gasteiger partial charge in [0.15, 0.2) is 0 Å². The van der Waals surface area contributed by atoms with Crippen molar-refractivity contribution >= 4 is 31.9 Å². The molecular weight excluding hydrogens is 471 g/mol. The van der Waals surface area contributed by atoms with Gasteiger partial charge in [-0.25, -0.2) is 17.5 Å². The average Bonchev–Trinajstić information content (AvgIpc) is 2.74. The predicted octanol–water partition coefficient (Wildman–Crippen LogP) is 4.44. The van der Waals surface area contributed by atoms with Gasteiger partial charge in [0.05, 0.1) is 10.9 Å². The molecule has 5 nitrogen and oxygen atoms in total. The predicted molar refractivity (Wildman–Crippen MR) is 118 cm³/mol. The van der Waals surface area contributed by atoms with E-state index in [1.807, 2.05) is 6.92 Å². The standard InChI is InChI=1S/C22H26BrFN2O3S/c1-15(17-4-8-19(24)9-5-17)25-22(27)18-6-10-20(11-7-18)26-30(28,29)21-12-2-16(14-23)3-13-21/h2-5,8-9,12-13,15,18,20,26H,6-7,10-11,14H2,1H3,(H,25,27)/t15-,18?,20?/m1/s1. The molecule has 1 aliphatic rings. The van der Waals surface area contributed by atoms with Crippen molar-refractivity contribution in [1.82, 2.24) is 10.0 Å². The van der Waals surface area contributed by atoms with Crippen LogP contribution in [0.15, 0.2) is 53.4 Å². The molecule has 0 saturated heterocycles. The molecule has 3 rings (SSSR count). The normalized spacial score (nSPS) is 20.5. The SMILES string of the molecule is C[C@@H](NC(=O)C1CCC(NS(=O)(=O)c2ccc(CBr)cc2)CC1)c1ccc(F)cc1. The highest BCUT2D eigenvalue weighted by atomic mass is 79.9. The van der Waals surface area contributed by atoms with Crippen molar-refractivity contribution in [3.05, 3.63) is 65.5 Å². The number of hydrogen-bond acceptors (Lipinski definition) is 3. The summed E-state index contributed by atoms with van der Waals surface area (Å²) in [7, 11) is -3.58. The van der Waals surface area contributed by atoms with Crippen molar-refractivity contribution < 1.29 is 17.6 Å². The number of nitrogens with one attached hydrogen (secondary N) is 2. The van der Waals surface area contributed by atoms with Gasteiger partial charge in [0.25, 0.3) is 0 Å². The van der Waals surface area contributed by atoms with Gasteiger partial charge in [-0.3, -0.25) is 4.79 Å². The lowest BCUT2D eigenvalue weighted by Gasteiger charge is -2.29. The Hall–Kier alpha value is -1.77. The molecule has 1 atom stereocenters. The Kier molecular flexibility index (Phi) is 7.65. The van der Waals surface area contributed by atoms with Gasteiger partial charge in [-0.05, 0) is 68.0 Å². The summed E-state index contributed by atoms with van der Waals surface area (Å²) in [6.45, 7) is 1.87. The lowest BCUT2D eigenvalue weighted by Crippen LogP contribution is -2.41. The van der Waals surface area contributed by atoms with E-state index < -0.39 is 10.0 Å². The zero-order valence-electron chi connectivity index (χ0n) is 16.8.